The van der Waals surface area contributed by atoms with Crippen LogP contribution < -0.4 is 0 Å². The Labute approximate surface area is 58.4 Å². The summed E-state index contributed by atoms with van der Waals surface area (Å²) >= 11 is 0. The van der Waals surface area contributed by atoms with E-state index < -0.39 is 6.16 Å². The van der Waals surface area contributed by atoms with Gasteiger partial charge in [0.25, 0.3) is 0 Å². The second-order valence-electron chi connectivity index (χ2n) is 1.68. The lowest BCUT2D eigenvalue weighted by atomic mass is 10.4. The van der Waals surface area contributed by atoms with Gasteiger partial charge in [-0.25, -0.2) is 9.59 Å². The molecule has 4 heteroatoms. The van der Waals surface area contributed by atoms with E-state index in [1.165, 1.54) is 0 Å². The molecule has 0 aliphatic carbocycles. The zero-order chi connectivity index (χ0) is 7.98. The van der Waals surface area contributed by atoms with E-state index >= 15 is 0 Å². The van der Waals surface area contributed by atoms with E-state index in [-0.39, 0.29) is 6.61 Å². The van der Waals surface area contributed by atoms with E-state index in [1.54, 1.807) is 6.92 Å². The van der Waals surface area contributed by atoms with Crippen LogP contribution in [-0.4, -0.2) is 19.2 Å². The highest BCUT2D eigenvalue weighted by molar-refractivity contribution is 5.69. The minimum atomic E-state index is -1.06. The third kappa shape index (κ3) is 4.83. The van der Waals surface area contributed by atoms with Gasteiger partial charge >= 0.3 is 12.6 Å². The third-order valence-corrected chi connectivity index (χ3v) is 0.561. The molecule has 0 rings (SSSR count). The Hall–Kier alpha value is -1.32. The molecule has 0 aromatic rings. The molecule has 0 saturated heterocycles. The summed E-state index contributed by atoms with van der Waals surface area (Å²) in [5, 5.41) is 0. The SMILES string of the molecule is C=C(C)COC(=O)O[C]=O. The summed E-state index contributed by atoms with van der Waals surface area (Å²) in [6.45, 7) is 6.13. The second-order valence-corrected chi connectivity index (χ2v) is 1.68. The van der Waals surface area contributed by atoms with Gasteiger partial charge in [-0.2, -0.15) is 0 Å². The van der Waals surface area contributed by atoms with E-state index in [0.717, 1.165) is 6.47 Å². The molecular formula is C6H7O4. The molecule has 0 atom stereocenters. The van der Waals surface area contributed by atoms with Crippen LogP contribution in [0, 0.1) is 0 Å². The number of hydrogen-bond acceptors (Lipinski definition) is 4. The van der Waals surface area contributed by atoms with Crippen molar-refractivity contribution in [2.45, 2.75) is 6.92 Å². The molecule has 0 fully saturated rings. The van der Waals surface area contributed by atoms with Crippen molar-refractivity contribution in [1.29, 1.82) is 0 Å². The number of carbonyl (C=O) groups excluding carboxylic acids is 2. The molecule has 0 aliphatic rings. The molecule has 4 nitrogen and oxygen atoms in total. The van der Waals surface area contributed by atoms with Gasteiger partial charge in [0.2, 0.25) is 0 Å². The Bertz CT molecular complexity index is 150. The summed E-state index contributed by atoms with van der Waals surface area (Å²) in [4.78, 5) is 19.6. The van der Waals surface area contributed by atoms with Crippen LogP contribution in [0.15, 0.2) is 12.2 Å². The van der Waals surface area contributed by atoms with Crippen molar-refractivity contribution in [2.75, 3.05) is 6.61 Å². The Balaban J connectivity index is 3.39. The maximum Gasteiger partial charge on any atom is 0.516 e. The molecule has 0 spiro atoms. The molecule has 0 unspecified atom stereocenters. The summed E-state index contributed by atoms with van der Waals surface area (Å²) < 4.78 is 8.01. The smallest absolute Gasteiger partial charge is 0.429 e. The van der Waals surface area contributed by atoms with Crippen LogP contribution >= 0.6 is 0 Å². The van der Waals surface area contributed by atoms with Crippen LogP contribution in [0.1, 0.15) is 6.92 Å². The average molecular weight is 143 g/mol. The molecule has 0 N–H and O–H groups in total. The quantitative estimate of drug-likeness (QED) is 0.333. The first kappa shape index (κ1) is 8.68. The Kier molecular flexibility index (Phi) is 3.95. The topological polar surface area (TPSA) is 52.6 Å². The molecule has 10 heavy (non-hydrogen) atoms. The fourth-order valence-electron chi connectivity index (χ4n) is 0.246. The van der Waals surface area contributed by atoms with Crippen molar-refractivity contribution in [3.8, 4) is 0 Å². The van der Waals surface area contributed by atoms with Crippen molar-refractivity contribution < 1.29 is 19.1 Å². The fraction of sp³-hybridized carbons (Fsp3) is 0.333. The van der Waals surface area contributed by atoms with Crippen molar-refractivity contribution >= 4 is 12.6 Å². The van der Waals surface area contributed by atoms with Crippen LogP contribution in [0.4, 0.5) is 4.79 Å². The highest BCUT2D eigenvalue weighted by Gasteiger charge is 2.01. The van der Waals surface area contributed by atoms with E-state index in [0.29, 0.717) is 5.57 Å². The molecule has 0 amide bonds. The maximum atomic E-state index is 10.2. The lowest BCUT2D eigenvalue weighted by molar-refractivity contribution is 0.102. The standard InChI is InChI=1S/C6H7O4/c1-5(2)3-9-6(8)10-4-7/h1,3H2,2H3. The predicted molar refractivity (Wildman–Crippen MR) is 32.9 cm³/mol. The van der Waals surface area contributed by atoms with Crippen LogP contribution in [0.5, 0.6) is 0 Å². The van der Waals surface area contributed by atoms with Crippen LogP contribution in [-0.2, 0) is 14.3 Å². The molecule has 0 aliphatic heterocycles. The lowest BCUT2D eigenvalue weighted by Gasteiger charge is -1.98. The zero-order valence-electron chi connectivity index (χ0n) is 5.55. The van der Waals surface area contributed by atoms with Crippen molar-refractivity contribution in [1.82, 2.24) is 0 Å². The first-order valence-electron chi connectivity index (χ1n) is 2.52. The molecule has 0 aromatic heterocycles. The van der Waals surface area contributed by atoms with Gasteiger partial charge in [-0.05, 0) is 12.5 Å². The van der Waals surface area contributed by atoms with Gasteiger partial charge in [-0.1, -0.05) is 6.58 Å². The number of carbonyl (C=O) groups is 1. The molecule has 0 bridgehead atoms. The summed E-state index contributed by atoms with van der Waals surface area (Å²) in [6, 6.07) is 0. The molecule has 55 valence electrons. The van der Waals surface area contributed by atoms with Crippen LogP contribution in [0.25, 0.3) is 0 Å². The fourth-order valence-corrected chi connectivity index (χ4v) is 0.246. The highest BCUT2D eigenvalue weighted by Crippen LogP contribution is 1.89. The van der Waals surface area contributed by atoms with Gasteiger partial charge in [0.1, 0.15) is 6.61 Å². The first-order chi connectivity index (χ1) is 4.66. The van der Waals surface area contributed by atoms with E-state index in [4.69, 9.17) is 0 Å². The molecular weight excluding hydrogens is 136 g/mol. The third-order valence-electron chi connectivity index (χ3n) is 0.561. The highest BCUT2D eigenvalue weighted by atomic mass is 16.7. The summed E-state index contributed by atoms with van der Waals surface area (Å²) in [5.74, 6) is 0. The Morgan fingerprint density at radius 2 is 2.30 bits per heavy atom. The van der Waals surface area contributed by atoms with Crippen LogP contribution in [0.3, 0.4) is 0 Å². The lowest BCUT2D eigenvalue weighted by Crippen LogP contribution is -2.07. The minimum absolute atomic E-state index is 0.0561. The van der Waals surface area contributed by atoms with E-state index in [2.05, 4.69) is 16.1 Å². The number of rotatable bonds is 3. The Morgan fingerprint density at radius 3 is 2.70 bits per heavy atom. The van der Waals surface area contributed by atoms with Crippen molar-refractivity contribution in [3.63, 3.8) is 0 Å². The van der Waals surface area contributed by atoms with E-state index in [9.17, 15) is 9.59 Å². The summed E-state index contributed by atoms with van der Waals surface area (Å²) in [6.07, 6.45) is -1.06. The summed E-state index contributed by atoms with van der Waals surface area (Å²) in [5.41, 5.74) is 0.669. The van der Waals surface area contributed by atoms with Gasteiger partial charge < -0.3 is 9.47 Å². The first-order valence-corrected chi connectivity index (χ1v) is 2.52. The van der Waals surface area contributed by atoms with Gasteiger partial charge in [-0.15, -0.1) is 0 Å². The minimum Gasteiger partial charge on any atom is -0.429 e. The van der Waals surface area contributed by atoms with Crippen LogP contribution in [0.2, 0.25) is 0 Å². The van der Waals surface area contributed by atoms with Crippen molar-refractivity contribution in [2.24, 2.45) is 0 Å². The Morgan fingerprint density at radius 1 is 1.70 bits per heavy atom. The largest absolute Gasteiger partial charge is 0.516 e. The maximum absolute atomic E-state index is 10.2. The van der Waals surface area contributed by atoms with Gasteiger partial charge in [0.05, 0.1) is 0 Å². The zero-order valence-corrected chi connectivity index (χ0v) is 5.55. The molecule has 0 heterocycles. The average Bonchev–Trinajstić information content (AvgIpc) is 1.85. The van der Waals surface area contributed by atoms with Gasteiger partial charge in [-0.3, -0.25) is 0 Å². The van der Waals surface area contributed by atoms with Gasteiger partial charge in [0.15, 0.2) is 0 Å². The molecule has 0 aromatic carbocycles. The molecule has 1 radical (unpaired) electrons. The molecule has 0 saturated carbocycles. The number of hydrogen-bond donors (Lipinski definition) is 0. The van der Waals surface area contributed by atoms with Gasteiger partial charge in [0, 0.05) is 0 Å². The normalized spacial score (nSPS) is 8.10. The number of ether oxygens (including phenoxy) is 2. The summed E-state index contributed by atoms with van der Waals surface area (Å²) in [7, 11) is 0. The second kappa shape index (κ2) is 4.55. The predicted octanol–water partition coefficient (Wildman–Crippen LogP) is 0.783. The monoisotopic (exact) mass is 143 g/mol. The van der Waals surface area contributed by atoms with E-state index in [1.807, 2.05) is 0 Å². The van der Waals surface area contributed by atoms with Crippen molar-refractivity contribution in [3.05, 3.63) is 12.2 Å².